The zero-order valence-electron chi connectivity index (χ0n) is 8.54. The molecule has 0 aliphatic carbocycles. The van der Waals surface area contributed by atoms with Crippen LogP contribution in [-0.2, 0) is 5.60 Å². The monoisotopic (exact) mass is 210 g/mol. The quantitative estimate of drug-likeness (QED) is 0.731. The van der Waals surface area contributed by atoms with Crippen molar-refractivity contribution in [1.29, 1.82) is 0 Å². The lowest BCUT2D eigenvalue weighted by Gasteiger charge is -2.26. The van der Waals surface area contributed by atoms with Gasteiger partial charge >= 0.3 is 0 Å². The van der Waals surface area contributed by atoms with Crippen LogP contribution >= 0.6 is 0 Å². The van der Waals surface area contributed by atoms with Gasteiger partial charge in [0.15, 0.2) is 0 Å². The average Bonchev–Trinajstić information content (AvgIpc) is 2.44. The van der Waals surface area contributed by atoms with Crippen molar-refractivity contribution < 1.29 is 9.50 Å². The first-order valence-corrected chi connectivity index (χ1v) is 5.25. The van der Waals surface area contributed by atoms with Gasteiger partial charge in [0, 0.05) is 11.8 Å². The molecule has 0 amide bonds. The molecule has 1 aliphatic heterocycles. The van der Waals surface area contributed by atoms with Crippen LogP contribution in [0.1, 0.15) is 24.8 Å². The number of rotatable bonds is 1. The average molecular weight is 210 g/mol. The van der Waals surface area contributed by atoms with E-state index in [9.17, 15) is 9.50 Å². The molecule has 82 valence electrons. The summed E-state index contributed by atoms with van der Waals surface area (Å²) >= 11 is 0. The van der Waals surface area contributed by atoms with Crippen LogP contribution < -0.4 is 5.32 Å². The fourth-order valence-corrected chi connectivity index (χ4v) is 2.01. The zero-order valence-corrected chi connectivity index (χ0v) is 8.54. The van der Waals surface area contributed by atoms with E-state index in [1.165, 1.54) is 6.07 Å². The maximum atomic E-state index is 13.0. The maximum Gasteiger partial charge on any atom is 0.141 e. The van der Waals surface area contributed by atoms with Gasteiger partial charge < -0.3 is 10.4 Å². The molecule has 1 unspecified atom stereocenters. The van der Waals surface area contributed by atoms with Crippen molar-refractivity contribution in [3.63, 3.8) is 0 Å². The molecule has 0 spiro atoms. The summed E-state index contributed by atoms with van der Waals surface area (Å²) in [5.41, 5.74) is -0.329. The zero-order chi connectivity index (χ0) is 10.7. The summed E-state index contributed by atoms with van der Waals surface area (Å²) in [6, 6.07) is 1.37. The summed E-state index contributed by atoms with van der Waals surface area (Å²) < 4.78 is 13.0. The van der Waals surface area contributed by atoms with Crippen molar-refractivity contribution in [2.45, 2.75) is 24.9 Å². The van der Waals surface area contributed by atoms with Gasteiger partial charge in [-0.05, 0) is 38.4 Å². The van der Waals surface area contributed by atoms with Crippen LogP contribution in [-0.4, -0.2) is 23.2 Å². The number of halogens is 1. The Balaban J connectivity index is 2.26. The molecule has 2 heterocycles. The van der Waals surface area contributed by atoms with E-state index in [1.54, 1.807) is 6.20 Å². The van der Waals surface area contributed by atoms with Gasteiger partial charge in [-0.2, -0.15) is 0 Å². The first-order valence-electron chi connectivity index (χ1n) is 5.25. The van der Waals surface area contributed by atoms with Gasteiger partial charge in [0.2, 0.25) is 0 Å². The molecule has 1 aliphatic rings. The molecule has 0 radical (unpaired) electrons. The molecular formula is C11H15FN2O. The standard InChI is InChI=1S/C11H15FN2O/c12-10-6-9(7-14-8-10)11(15)2-1-4-13-5-3-11/h6-8,13,15H,1-5H2. The molecule has 1 saturated heterocycles. The lowest BCUT2D eigenvalue weighted by atomic mass is 9.88. The molecular weight excluding hydrogens is 195 g/mol. The fourth-order valence-electron chi connectivity index (χ4n) is 2.01. The smallest absolute Gasteiger partial charge is 0.141 e. The SMILES string of the molecule is OC1(c2cncc(F)c2)CCCNCC1. The number of hydrogen-bond acceptors (Lipinski definition) is 3. The lowest BCUT2D eigenvalue weighted by molar-refractivity contribution is 0.0234. The molecule has 0 saturated carbocycles. The Hall–Kier alpha value is -1.00. The fraction of sp³-hybridized carbons (Fsp3) is 0.545. The summed E-state index contributed by atoms with van der Waals surface area (Å²) in [7, 11) is 0. The topological polar surface area (TPSA) is 45.2 Å². The van der Waals surface area contributed by atoms with Gasteiger partial charge in [-0.1, -0.05) is 0 Å². The molecule has 1 aromatic rings. The van der Waals surface area contributed by atoms with Gasteiger partial charge in [0.1, 0.15) is 5.82 Å². The van der Waals surface area contributed by atoms with E-state index in [0.717, 1.165) is 25.7 Å². The Bertz CT molecular complexity index is 335. The molecule has 15 heavy (non-hydrogen) atoms. The summed E-state index contributed by atoms with van der Waals surface area (Å²) in [6.07, 6.45) is 4.87. The second kappa shape index (κ2) is 4.24. The number of pyridine rings is 1. The molecule has 1 aromatic heterocycles. The number of nitrogens with zero attached hydrogens (tertiary/aromatic N) is 1. The van der Waals surface area contributed by atoms with Gasteiger partial charge in [-0.25, -0.2) is 4.39 Å². The molecule has 2 N–H and O–H groups in total. The highest BCUT2D eigenvalue weighted by Gasteiger charge is 2.30. The number of hydrogen-bond donors (Lipinski definition) is 2. The first-order chi connectivity index (χ1) is 7.21. The highest BCUT2D eigenvalue weighted by molar-refractivity contribution is 5.19. The van der Waals surface area contributed by atoms with Gasteiger partial charge in [0.25, 0.3) is 0 Å². The molecule has 4 heteroatoms. The van der Waals surface area contributed by atoms with Crippen molar-refractivity contribution in [2.24, 2.45) is 0 Å². The molecule has 0 aromatic carbocycles. The molecule has 3 nitrogen and oxygen atoms in total. The Labute approximate surface area is 88.3 Å². The van der Waals surface area contributed by atoms with Crippen LogP contribution in [0.2, 0.25) is 0 Å². The number of aliphatic hydroxyl groups is 1. The van der Waals surface area contributed by atoms with Crippen molar-refractivity contribution in [2.75, 3.05) is 13.1 Å². The Morgan fingerprint density at radius 2 is 2.20 bits per heavy atom. The molecule has 2 rings (SSSR count). The van der Waals surface area contributed by atoms with Gasteiger partial charge in [-0.3, -0.25) is 4.98 Å². The Morgan fingerprint density at radius 1 is 1.33 bits per heavy atom. The highest BCUT2D eigenvalue weighted by Crippen LogP contribution is 2.30. The third kappa shape index (κ3) is 2.33. The summed E-state index contributed by atoms with van der Waals surface area (Å²) in [4.78, 5) is 3.78. The van der Waals surface area contributed by atoms with E-state index in [1.807, 2.05) is 0 Å². The molecule has 1 atom stereocenters. The van der Waals surface area contributed by atoms with E-state index in [2.05, 4.69) is 10.3 Å². The summed E-state index contributed by atoms with van der Waals surface area (Å²) in [5.74, 6) is -0.391. The van der Waals surface area contributed by atoms with Crippen LogP contribution in [0.4, 0.5) is 4.39 Å². The summed E-state index contributed by atoms with van der Waals surface area (Å²) in [5, 5.41) is 13.6. The molecule has 1 fully saturated rings. The molecule has 0 bridgehead atoms. The third-order valence-corrected chi connectivity index (χ3v) is 2.90. The minimum absolute atomic E-state index is 0.391. The van der Waals surface area contributed by atoms with Crippen molar-refractivity contribution in [3.05, 3.63) is 29.8 Å². The Morgan fingerprint density at radius 3 is 3.00 bits per heavy atom. The van der Waals surface area contributed by atoms with E-state index in [0.29, 0.717) is 18.4 Å². The van der Waals surface area contributed by atoms with Crippen LogP contribution in [0.3, 0.4) is 0 Å². The van der Waals surface area contributed by atoms with Crippen molar-refractivity contribution in [1.82, 2.24) is 10.3 Å². The lowest BCUT2D eigenvalue weighted by Crippen LogP contribution is -2.27. The number of nitrogens with one attached hydrogen (secondary N) is 1. The van der Waals surface area contributed by atoms with Crippen LogP contribution in [0.25, 0.3) is 0 Å². The largest absolute Gasteiger partial charge is 0.385 e. The number of aromatic nitrogens is 1. The van der Waals surface area contributed by atoms with Crippen molar-refractivity contribution >= 4 is 0 Å². The predicted octanol–water partition coefficient (Wildman–Crippen LogP) is 1.18. The highest BCUT2D eigenvalue weighted by atomic mass is 19.1. The van der Waals surface area contributed by atoms with Crippen LogP contribution in [0.15, 0.2) is 18.5 Å². The van der Waals surface area contributed by atoms with E-state index in [4.69, 9.17) is 0 Å². The third-order valence-electron chi connectivity index (χ3n) is 2.90. The summed E-state index contributed by atoms with van der Waals surface area (Å²) in [6.45, 7) is 1.66. The maximum absolute atomic E-state index is 13.0. The first kappa shape index (κ1) is 10.5. The minimum atomic E-state index is -0.918. The van der Waals surface area contributed by atoms with E-state index in [-0.39, 0.29) is 0 Å². The van der Waals surface area contributed by atoms with Gasteiger partial charge in [0.05, 0.1) is 11.8 Å². The Kier molecular flexibility index (Phi) is 2.98. The van der Waals surface area contributed by atoms with E-state index < -0.39 is 11.4 Å². The van der Waals surface area contributed by atoms with Crippen LogP contribution in [0.5, 0.6) is 0 Å². The second-order valence-electron chi connectivity index (χ2n) is 4.03. The van der Waals surface area contributed by atoms with E-state index >= 15 is 0 Å². The van der Waals surface area contributed by atoms with Crippen LogP contribution in [0, 0.1) is 5.82 Å². The minimum Gasteiger partial charge on any atom is -0.385 e. The second-order valence-corrected chi connectivity index (χ2v) is 4.03. The predicted molar refractivity (Wildman–Crippen MR) is 54.8 cm³/mol. The van der Waals surface area contributed by atoms with Crippen molar-refractivity contribution in [3.8, 4) is 0 Å². The van der Waals surface area contributed by atoms with Gasteiger partial charge in [-0.15, -0.1) is 0 Å². The normalized spacial score (nSPS) is 27.3.